The number of benzene rings is 2. The number of aliphatic carboxylic acids is 1. The van der Waals surface area contributed by atoms with Crippen molar-refractivity contribution in [3.05, 3.63) is 53.3 Å². The maximum absolute atomic E-state index is 14.8. The smallest absolute Gasteiger partial charge is 0.320 e. The van der Waals surface area contributed by atoms with Gasteiger partial charge in [-0.3, -0.25) is 9.59 Å². The zero-order valence-corrected chi connectivity index (χ0v) is 22.0. The van der Waals surface area contributed by atoms with Crippen LogP contribution in [0.4, 0.5) is 14.9 Å². The molecule has 1 atom stereocenters. The van der Waals surface area contributed by atoms with Crippen molar-refractivity contribution in [2.45, 2.75) is 38.5 Å². The molecule has 192 valence electrons. The molecule has 0 spiro atoms. The van der Waals surface area contributed by atoms with E-state index < -0.39 is 26.0 Å². The molecular weight excluding hydrogens is 481 g/mol. The summed E-state index contributed by atoms with van der Waals surface area (Å²) in [6.07, 6.45) is 0.559. The molecule has 2 aromatic rings. The minimum absolute atomic E-state index is 0.00923. The molecular formula is C26H32FN3O5Si. The van der Waals surface area contributed by atoms with Crippen molar-refractivity contribution in [1.82, 2.24) is 9.80 Å². The highest BCUT2D eigenvalue weighted by Crippen LogP contribution is 2.35. The minimum atomic E-state index is -1.88. The van der Waals surface area contributed by atoms with Crippen molar-refractivity contribution in [2.24, 2.45) is 5.92 Å². The van der Waals surface area contributed by atoms with Gasteiger partial charge in [0, 0.05) is 31.2 Å². The van der Waals surface area contributed by atoms with Crippen molar-refractivity contribution >= 4 is 36.9 Å². The predicted octanol–water partition coefficient (Wildman–Crippen LogP) is 3.44. The van der Waals surface area contributed by atoms with E-state index in [0.717, 1.165) is 5.56 Å². The summed E-state index contributed by atoms with van der Waals surface area (Å²) in [6.45, 7) is 7.16. The number of nitrogens with zero attached hydrogens (tertiary/aromatic N) is 2. The summed E-state index contributed by atoms with van der Waals surface area (Å²) in [4.78, 5) is 41.0. The van der Waals surface area contributed by atoms with Crippen LogP contribution in [0, 0.1) is 11.7 Å². The van der Waals surface area contributed by atoms with Gasteiger partial charge in [-0.15, -0.1) is 0 Å². The third-order valence-corrected chi connectivity index (χ3v) is 8.83. The van der Waals surface area contributed by atoms with E-state index in [1.807, 2.05) is 6.07 Å². The lowest BCUT2D eigenvalue weighted by Gasteiger charge is -2.45. The number of anilines is 1. The van der Waals surface area contributed by atoms with Crippen LogP contribution in [0.15, 0.2) is 36.4 Å². The first kappa shape index (κ1) is 25.7. The maximum atomic E-state index is 14.8. The Morgan fingerprint density at radius 1 is 1.14 bits per heavy atom. The zero-order valence-electron chi connectivity index (χ0n) is 21.0. The number of hydrogen-bond acceptors (Lipinski definition) is 4. The second-order valence-electron chi connectivity index (χ2n) is 10.5. The topological polar surface area (TPSA) is 99.2 Å². The first-order valence-corrected chi connectivity index (χ1v) is 15.5. The fraction of sp³-hybridized carbons (Fsp3) is 0.423. The molecule has 0 aliphatic carbocycles. The first-order valence-electron chi connectivity index (χ1n) is 12.0. The fourth-order valence-electron chi connectivity index (χ4n) is 4.91. The van der Waals surface area contributed by atoms with E-state index in [2.05, 4.69) is 25.0 Å². The van der Waals surface area contributed by atoms with Gasteiger partial charge in [0.2, 0.25) is 0 Å². The van der Waals surface area contributed by atoms with Gasteiger partial charge in [0.1, 0.15) is 17.6 Å². The van der Waals surface area contributed by atoms with E-state index in [1.54, 1.807) is 36.3 Å². The van der Waals surface area contributed by atoms with E-state index in [0.29, 0.717) is 48.2 Å². The van der Waals surface area contributed by atoms with Crippen LogP contribution in [-0.2, 0) is 16.0 Å². The molecule has 2 aliphatic heterocycles. The number of carboxylic acid groups (broad SMARTS) is 1. The van der Waals surface area contributed by atoms with Crippen molar-refractivity contribution in [1.29, 1.82) is 0 Å². The zero-order chi connectivity index (χ0) is 26.2. The van der Waals surface area contributed by atoms with Gasteiger partial charge in [0.15, 0.2) is 0 Å². The summed E-state index contributed by atoms with van der Waals surface area (Å²) in [6, 6.07) is 8.95. The third kappa shape index (κ3) is 5.23. The lowest BCUT2D eigenvalue weighted by Crippen LogP contribution is -2.58. The molecule has 0 aromatic heterocycles. The van der Waals surface area contributed by atoms with Crippen LogP contribution < -0.4 is 15.2 Å². The molecule has 0 radical (unpaired) electrons. The second-order valence-corrected chi connectivity index (χ2v) is 15.5. The number of likely N-dealkylation sites (tertiary alicyclic amines) is 1. The normalized spacial score (nSPS) is 17.8. The van der Waals surface area contributed by atoms with Crippen LogP contribution in [0.5, 0.6) is 5.75 Å². The molecule has 2 aliphatic rings. The highest BCUT2D eigenvalue weighted by atomic mass is 28.3. The van der Waals surface area contributed by atoms with Gasteiger partial charge >= 0.3 is 12.0 Å². The van der Waals surface area contributed by atoms with Crippen LogP contribution in [0.3, 0.4) is 0 Å². The standard InChI is InChI=1S/C26H32FN3O5Si/c1-35-19-6-7-20-17(12-19)9-10-30(26(34)29-14-16(15-29)11-23(31)32)24(20)25(33)28-18-5-8-22(21(27)13-18)36(2,3)4/h5-8,12-13,16,24H,9-11,14-15H2,1-4H3,(H,28,33)(H,31,32). The highest BCUT2D eigenvalue weighted by Gasteiger charge is 2.41. The monoisotopic (exact) mass is 513 g/mol. The number of nitrogens with one attached hydrogen (secondary N) is 1. The van der Waals surface area contributed by atoms with Crippen LogP contribution in [0.2, 0.25) is 19.6 Å². The second kappa shape index (κ2) is 9.92. The largest absolute Gasteiger partial charge is 0.497 e. The van der Waals surface area contributed by atoms with E-state index in [-0.39, 0.29) is 24.2 Å². The summed E-state index contributed by atoms with van der Waals surface area (Å²) in [7, 11) is -0.307. The molecule has 4 rings (SSSR count). The van der Waals surface area contributed by atoms with Gasteiger partial charge in [-0.05, 0) is 47.0 Å². The molecule has 2 heterocycles. The predicted molar refractivity (Wildman–Crippen MR) is 137 cm³/mol. The summed E-state index contributed by atoms with van der Waals surface area (Å²) in [5, 5.41) is 12.5. The van der Waals surface area contributed by atoms with Crippen molar-refractivity contribution in [3.8, 4) is 5.75 Å². The number of ether oxygens (including phenoxy) is 1. The Hall–Kier alpha value is -3.40. The minimum Gasteiger partial charge on any atom is -0.497 e. The highest BCUT2D eigenvalue weighted by molar-refractivity contribution is 6.88. The van der Waals surface area contributed by atoms with Crippen molar-refractivity contribution in [3.63, 3.8) is 0 Å². The summed E-state index contributed by atoms with van der Waals surface area (Å²) < 4.78 is 20.1. The molecule has 10 heteroatoms. The van der Waals surface area contributed by atoms with Crippen molar-refractivity contribution < 1.29 is 28.6 Å². The van der Waals surface area contributed by atoms with Crippen LogP contribution in [0.25, 0.3) is 0 Å². The van der Waals surface area contributed by atoms with E-state index >= 15 is 0 Å². The number of halogens is 1. The fourth-order valence-corrected chi connectivity index (χ4v) is 6.29. The molecule has 0 saturated carbocycles. The van der Waals surface area contributed by atoms with E-state index in [1.165, 1.54) is 11.0 Å². The molecule has 1 unspecified atom stereocenters. The molecule has 8 nitrogen and oxygen atoms in total. The first-order chi connectivity index (χ1) is 17.0. The third-order valence-electron chi connectivity index (χ3n) is 6.81. The summed E-state index contributed by atoms with van der Waals surface area (Å²) >= 11 is 0. The molecule has 1 saturated heterocycles. The Balaban J connectivity index is 1.60. The SMILES string of the molecule is COc1ccc2c(c1)CCN(C(=O)N1CC(CC(=O)O)C1)C2C(=O)Nc1ccc([Si](C)(C)C)c(F)c1. The Morgan fingerprint density at radius 2 is 1.86 bits per heavy atom. The summed E-state index contributed by atoms with van der Waals surface area (Å²) in [5.41, 5.74) is 1.93. The van der Waals surface area contributed by atoms with Gasteiger partial charge in [0.05, 0.1) is 21.6 Å². The number of amides is 3. The number of hydrogen-bond donors (Lipinski definition) is 2. The molecule has 36 heavy (non-hydrogen) atoms. The maximum Gasteiger partial charge on any atom is 0.320 e. The molecule has 2 aromatic carbocycles. The van der Waals surface area contributed by atoms with Crippen molar-refractivity contribution in [2.75, 3.05) is 32.1 Å². The Bertz CT molecular complexity index is 1190. The average molecular weight is 514 g/mol. The van der Waals surface area contributed by atoms with Gasteiger partial charge in [-0.25, -0.2) is 9.18 Å². The molecule has 2 N–H and O–H groups in total. The number of methoxy groups -OCH3 is 1. The van der Waals surface area contributed by atoms with Crippen LogP contribution in [0.1, 0.15) is 23.6 Å². The number of fused-ring (bicyclic) bond motifs is 1. The Morgan fingerprint density at radius 3 is 2.47 bits per heavy atom. The Labute approximate surface area is 211 Å². The average Bonchev–Trinajstić information content (AvgIpc) is 2.78. The summed E-state index contributed by atoms with van der Waals surface area (Å²) in [5.74, 6) is -1.10. The van der Waals surface area contributed by atoms with Gasteiger partial charge < -0.3 is 25.0 Å². The molecule has 0 bridgehead atoms. The van der Waals surface area contributed by atoms with Crippen LogP contribution in [-0.4, -0.2) is 67.6 Å². The number of carboxylic acids is 1. The Kier molecular flexibility index (Phi) is 7.08. The number of rotatable bonds is 6. The van der Waals surface area contributed by atoms with Gasteiger partial charge in [0.25, 0.3) is 5.91 Å². The van der Waals surface area contributed by atoms with E-state index in [4.69, 9.17) is 9.84 Å². The number of carbonyl (C=O) groups is 3. The van der Waals surface area contributed by atoms with Gasteiger partial charge in [-0.2, -0.15) is 0 Å². The van der Waals surface area contributed by atoms with E-state index in [9.17, 15) is 18.8 Å². The van der Waals surface area contributed by atoms with Gasteiger partial charge in [-0.1, -0.05) is 31.8 Å². The number of carbonyl (C=O) groups excluding carboxylic acids is 2. The lowest BCUT2D eigenvalue weighted by atomic mass is 9.91. The van der Waals surface area contributed by atoms with Crippen LogP contribution >= 0.6 is 0 Å². The molecule has 3 amide bonds. The number of urea groups is 1. The molecule has 1 fully saturated rings. The lowest BCUT2D eigenvalue weighted by molar-refractivity contribution is -0.139. The quantitative estimate of drug-likeness (QED) is 0.577.